The van der Waals surface area contributed by atoms with Crippen LogP contribution in [0.25, 0.3) is 0 Å². The van der Waals surface area contributed by atoms with Crippen LogP contribution < -0.4 is 11.3 Å². The molecule has 1 aliphatic rings. The number of hydrogen-bond donors (Lipinski definition) is 2. The molecule has 0 spiro atoms. The largest absolute Gasteiger partial charge is 0.271 e. The topological polar surface area (TPSA) is 55.9 Å². The van der Waals surface area contributed by atoms with Crippen LogP contribution in [0.5, 0.6) is 0 Å². The highest BCUT2D eigenvalue weighted by Gasteiger charge is 2.22. The Hall–Kier alpha value is -1.36. The molecule has 3 N–H and O–H groups in total. The zero-order chi connectivity index (χ0) is 14.1. The zero-order valence-corrected chi connectivity index (χ0v) is 12.3. The molecular formula is C15H19ClN4. The molecule has 1 atom stereocenters. The van der Waals surface area contributed by atoms with Gasteiger partial charge in [0.2, 0.25) is 0 Å². The number of benzene rings is 1. The summed E-state index contributed by atoms with van der Waals surface area (Å²) in [6.45, 7) is 2.81. The van der Waals surface area contributed by atoms with Gasteiger partial charge < -0.3 is 0 Å². The molecule has 5 heteroatoms. The molecule has 4 nitrogen and oxygen atoms in total. The molecule has 3 rings (SSSR count). The Labute approximate surface area is 123 Å². The van der Waals surface area contributed by atoms with E-state index in [4.69, 9.17) is 17.4 Å². The lowest BCUT2D eigenvalue weighted by molar-refractivity contribution is 0.543. The second-order valence-corrected chi connectivity index (χ2v) is 5.58. The van der Waals surface area contributed by atoms with Crippen molar-refractivity contribution in [3.63, 3.8) is 0 Å². The highest BCUT2D eigenvalue weighted by atomic mass is 35.5. The van der Waals surface area contributed by atoms with Gasteiger partial charge in [0.25, 0.3) is 0 Å². The minimum absolute atomic E-state index is 0.129. The van der Waals surface area contributed by atoms with Crippen molar-refractivity contribution >= 4 is 11.6 Å². The summed E-state index contributed by atoms with van der Waals surface area (Å²) in [5.74, 6) is 5.78. The lowest BCUT2D eigenvalue weighted by atomic mass is 9.99. The van der Waals surface area contributed by atoms with Crippen molar-refractivity contribution in [3.05, 3.63) is 51.8 Å². The number of nitrogens with one attached hydrogen (secondary N) is 1. The average molecular weight is 291 g/mol. The number of hydrogen-bond acceptors (Lipinski definition) is 3. The first-order chi connectivity index (χ1) is 9.74. The number of nitrogens with two attached hydrogens (primary N) is 1. The van der Waals surface area contributed by atoms with E-state index in [2.05, 4.69) is 28.7 Å². The maximum atomic E-state index is 6.29. The molecule has 0 aliphatic heterocycles. The molecule has 2 aromatic rings. The Balaban J connectivity index is 2.03. The van der Waals surface area contributed by atoms with Gasteiger partial charge in [-0.15, -0.1) is 0 Å². The molecule has 1 unspecified atom stereocenters. The van der Waals surface area contributed by atoms with Gasteiger partial charge in [0.1, 0.15) is 0 Å². The fourth-order valence-corrected chi connectivity index (χ4v) is 3.27. The molecule has 20 heavy (non-hydrogen) atoms. The van der Waals surface area contributed by atoms with E-state index in [1.165, 1.54) is 24.0 Å². The van der Waals surface area contributed by atoms with Crippen molar-refractivity contribution in [1.29, 1.82) is 0 Å². The summed E-state index contributed by atoms with van der Waals surface area (Å²) in [5.41, 5.74) is 7.84. The minimum Gasteiger partial charge on any atom is -0.271 e. The van der Waals surface area contributed by atoms with E-state index < -0.39 is 0 Å². The summed E-state index contributed by atoms with van der Waals surface area (Å²) in [6.07, 6.45) is 5.26. The number of nitrogens with zero attached hydrogens (tertiary/aromatic N) is 2. The van der Waals surface area contributed by atoms with Crippen LogP contribution in [0.15, 0.2) is 24.4 Å². The van der Waals surface area contributed by atoms with Gasteiger partial charge in [-0.05, 0) is 42.9 Å². The quantitative estimate of drug-likeness (QED) is 0.672. The SMILES string of the molecule is CCn1ncc(Cl)c1C(NN)c1ccc2c(c1)CCC2. The van der Waals surface area contributed by atoms with Crippen molar-refractivity contribution in [3.8, 4) is 0 Å². The van der Waals surface area contributed by atoms with Crippen LogP contribution in [0.2, 0.25) is 5.02 Å². The van der Waals surface area contributed by atoms with E-state index in [0.717, 1.165) is 24.2 Å². The van der Waals surface area contributed by atoms with Gasteiger partial charge in [-0.3, -0.25) is 10.5 Å². The van der Waals surface area contributed by atoms with Crippen LogP contribution in [0.3, 0.4) is 0 Å². The number of hydrazine groups is 1. The Bertz CT molecular complexity index is 620. The van der Waals surface area contributed by atoms with Gasteiger partial charge in [-0.2, -0.15) is 5.10 Å². The van der Waals surface area contributed by atoms with Crippen LogP contribution in [0.1, 0.15) is 41.8 Å². The van der Waals surface area contributed by atoms with E-state index in [1.54, 1.807) is 6.20 Å². The van der Waals surface area contributed by atoms with Gasteiger partial charge in [-0.1, -0.05) is 29.8 Å². The van der Waals surface area contributed by atoms with Gasteiger partial charge in [0, 0.05) is 6.54 Å². The van der Waals surface area contributed by atoms with Crippen LogP contribution in [0.4, 0.5) is 0 Å². The summed E-state index contributed by atoms with van der Waals surface area (Å²) in [6, 6.07) is 6.47. The molecule has 1 heterocycles. The molecule has 0 radical (unpaired) electrons. The Morgan fingerprint density at radius 1 is 1.40 bits per heavy atom. The molecule has 0 fully saturated rings. The van der Waals surface area contributed by atoms with Crippen LogP contribution in [0, 0.1) is 0 Å². The Morgan fingerprint density at radius 2 is 2.20 bits per heavy atom. The summed E-state index contributed by atoms with van der Waals surface area (Å²) in [7, 11) is 0. The second kappa shape index (κ2) is 5.56. The summed E-state index contributed by atoms with van der Waals surface area (Å²) >= 11 is 6.29. The van der Waals surface area contributed by atoms with Crippen molar-refractivity contribution < 1.29 is 0 Å². The molecule has 1 aromatic heterocycles. The van der Waals surface area contributed by atoms with Crippen LogP contribution in [-0.2, 0) is 19.4 Å². The highest BCUT2D eigenvalue weighted by molar-refractivity contribution is 6.31. The van der Waals surface area contributed by atoms with Crippen molar-refractivity contribution in [2.45, 2.75) is 38.8 Å². The second-order valence-electron chi connectivity index (χ2n) is 5.17. The number of halogens is 1. The lowest BCUT2D eigenvalue weighted by Gasteiger charge is -2.19. The van der Waals surface area contributed by atoms with Gasteiger partial charge in [0.05, 0.1) is 23.0 Å². The van der Waals surface area contributed by atoms with Gasteiger partial charge in [0.15, 0.2) is 0 Å². The van der Waals surface area contributed by atoms with E-state index in [1.807, 2.05) is 11.6 Å². The maximum absolute atomic E-state index is 6.29. The van der Waals surface area contributed by atoms with E-state index in [-0.39, 0.29) is 6.04 Å². The molecule has 1 aliphatic carbocycles. The summed E-state index contributed by atoms with van der Waals surface area (Å²) < 4.78 is 1.89. The van der Waals surface area contributed by atoms with Crippen LogP contribution >= 0.6 is 11.6 Å². The molecule has 0 amide bonds. The molecule has 1 aromatic carbocycles. The number of rotatable bonds is 4. The third-order valence-electron chi connectivity index (χ3n) is 4.03. The molecule has 0 saturated carbocycles. The monoisotopic (exact) mass is 290 g/mol. The highest BCUT2D eigenvalue weighted by Crippen LogP contribution is 2.31. The Morgan fingerprint density at radius 3 is 2.95 bits per heavy atom. The fraction of sp³-hybridized carbons (Fsp3) is 0.400. The molecular weight excluding hydrogens is 272 g/mol. The molecule has 106 valence electrons. The fourth-order valence-electron chi connectivity index (χ4n) is 3.02. The van der Waals surface area contributed by atoms with Crippen molar-refractivity contribution in [2.24, 2.45) is 5.84 Å². The lowest BCUT2D eigenvalue weighted by Crippen LogP contribution is -2.31. The number of aryl methyl sites for hydroxylation is 3. The van der Waals surface area contributed by atoms with E-state index in [9.17, 15) is 0 Å². The maximum Gasteiger partial charge on any atom is 0.0893 e. The smallest absolute Gasteiger partial charge is 0.0893 e. The first-order valence-electron chi connectivity index (χ1n) is 7.03. The standard InChI is InChI=1S/C15H19ClN4/c1-2-20-15(13(16)9-18-20)14(19-17)12-7-6-10-4-3-5-11(10)8-12/h6-9,14,19H,2-5,17H2,1H3. The van der Waals surface area contributed by atoms with Gasteiger partial charge >= 0.3 is 0 Å². The number of aromatic nitrogens is 2. The predicted octanol–water partition coefficient (Wildman–Crippen LogP) is 2.60. The number of fused-ring (bicyclic) bond motifs is 1. The third-order valence-corrected chi connectivity index (χ3v) is 4.32. The minimum atomic E-state index is -0.129. The van der Waals surface area contributed by atoms with Crippen molar-refractivity contribution in [1.82, 2.24) is 15.2 Å². The molecule has 0 bridgehead atoms. The Kier molecular flexibility index (Phi) is 3.78. The third kappa shape index (κ3) is 2.24. The summed E-state index contributed by atoms with van der Waals surface area (Å²) in [5, 5.41) is 4.94. The van der Waals surface area contributed by atoms with Crippen LogP contribution in [-0.4, -0.2) is 9.78 Å². The molecule has 0 saturated heterocycles. The van der Waals surface area contributed by atoms with Gasteiger partial charge in [-0.25, -0.2) is 5.43 Å². The van der Waals surface area contributed by atoms with E-state index >= 15 is 0 Å². The zero-order valence-electron chi connectivity index (χ0n) is 11.6. The van der Waals surface area contributed by atoms with Crippen molar-refractivity contribution in [2.75, 3.05) is 0 Å². The van der Waals surface area contributed by atoms with E-state index in [0.29, 0.717) is 5.02 Å². The first kappa shape index (κ1) is 13.6. The summed E-state index contributed by atoms with van der Waals surface area (Å²) in [4.78, 5) is 0. The predicted molar refractivity (Wildman–Crippen MR) is 80.5 cm³/mol. The first-order valence-corrected chi connectivity index (χ1v) is 7.41. The average Bonchev–Trinajstić information content (AvgIpc) is 3.07. The normalized spacial score (nSPS) is 15.3.